The van der Waals surface area contributed by atoms with Crippen LogP contribution in [-0.4, -0.2) is 18.5 Å². The van der Waals surface area contributed by atoms with Crippen LogP contribution in [0.15, 0.2) is 72.8 Å². The van der Waals surface area contributed by atoms with E-state index in [4.69, 9.17) is 4.74 Å². The zero-order chi connectivity index (χ0) is 20.6. The number of anilines is 1. The number of hydrogen-bond acceptors (Lipinski definition) is 3. The number of esters is 1. The highest BCUT2D eigenvalue weighted by Crippen LogP contribution is 2.27. The number of halogens is 1. The van der Waals surface area contributed by atoms with Crippen molar-refractivity contribution in [3.05, 3.63) is 89.7 Å². The smallest absolute Gasteiger partial charge is 0.340 e. The molecule has 3 aromatic carbocycles. The molecule has 0 unspecified atom stereocenters. The normalized spacial score (nSPS) is 10.4. The molecule has 0 saturated carbocycles. The van der Waals surface area contributed by atoms with Crippen LogP contribution in [0.3, 0.4) is 0 Å². The van der Waals surface area contributed by atoms with Gasteiger partial charge >= 0.3 is 5.97 Å². The van der Waals surface area contributed by atoms with Crippen molar-refractivity contribution in [3.8, 4) is 11.1 Å². The summed E-state index contributed by atoms with van der Waals surface area (Å²) in [5.74, 6) is -1.78. The molecule has 148 valence electrons. The molecule has 0 atom stereocenters. The van der Waals surface area contributed by atoms with E-state index in [2.05, 4.69) is 5.32 Å². The Morgan fingerprint density at radius 2 is 1.62 bits per heavy atom. The van der Waals surface area contributed by atoms with Crippen molar-refractivity contribution >= 4 is 17.6 Å². The van der Waals surface area contributed by atoms with Gasteiger partial charge in [0.2, 0.25) is 0 Å². The maximum Gasteiger partial charge on any atom is 0.340 e. The van der Waals surface area contributed by atoms with Crippen LogP contribution in [0.2, 0.25) is 0 Å². The number of ether oxygens (including phenoxy) is 1. The Morgan fingerprint density at radius 1 is 0.897 bits per heavy atom. The van der Waals surface area contributed by atoms with Crippen LogP contribution in [0.5, 0.6) is 0 Å². The molecule has 0 aliphatic heterocycles. The Balaban J connectivity index is 1.95. The number of benzene rings is 3. The minimum atomic E-state index is -0.629. The lowest BCUT2D eigenvalue weighted by atomic mass is 10.0. The highest BCUT2D eigenvalue weighted by molar-refractivity contribution is 6.08. The molecule has 0 radical (unpaired) electrons. The van der Waals surface area contributed by atoms with Crippen molar-refractivity contribution in [2.24, 2.45) is 0 Å². The van der Waals surface area contributed by atoms with E-state index in [1.807, 2.05) is 37.3 Å². The lowest BCUT2D eigenvalue weighted by Gasteiger charge is -2.13. The lowest BCUT2D eigenvalue weighted by Crippen LogP contribution is -2.17. The first-order valence-electron chi connectivity index (χ1n) is 9.52. The molecule has 0 aliphatic carbocycles. The highest BCUT2D eigenvalue weighted by Gasteiger charge is 2.18. The van der Waals surface area contributed by atoms with E-state index in [0.29, 0.717) is 6.61 Å². The van der Waals surface area contributed by atoms with Crippen LogP contribution < -0.4 is 5.32 Å². The minimum Gasteiger partial charge on any atom is -0.462 e. The molecule has 3 rings (SSSR count). The zero-order valence-corrected chi connectivity index (χ0v) is 16.2. The van der Waals surface area contributed by atoms with Crippen molar-refractivity contribution < 1.29 is 18.7 Å². The number of nitrogens with one attached hydrogen (secondary N) is 1. The van der Waals surface area contributed by atoms with Crippen molar-refractivity contribution in [2.45, 2.75) is 19.8 Å². The van der Waals surface area contributed by atoms with Gasteiger partial charge in [-0.15, -0.1) is 0 Å². The van der Waals surface area contributed by atoms with Crippen LogP contribution in [-0.2, 0) is 4.74 Å². The van der Waals surface area contributed by atoms with E-state index in [9.17, 15) is 14.0 Å². The molecule has 29 heavy (non-hydrogen) atoms. The number of carbonyl (C=O) groups is 2. The highest BCUT2D eigenvalue weighted by atomic mass is 19.1. The summed E-state index contributed by atoms with van der Waals surface area (Å²) in [5, 5.41) is 2.67. The van der Waals surface area contributed by atoms with Gasteiger partial charge in [0.05, 0.1) is 23.4 Å². The van der Waals surface area contributed by atoms with Gasteiger partial charge in [-0.2, -0.15) is 0 Å². The SMILES string of the molecule is CCCCOC(=O)c1ccc(-c2ccccc2)cc1NC(=O)c1ccccc1F. The summed E-state index contributed by atoms with van der Waals surface area (Å²) in [5.41, 5.74) is 2.16. The summed E-state index contributed by atoms with van der Waals surface area (Å²) in [6.07, 6.45) is 1.65. The predicted molar refractivity (Wildman–Crippen MR) is 111 cm³/mol. The van der Waals surface area contributed by atoms with Crippen LogP contribution in [0.25, 0.3) is 11.1 Å². The minimum absolute atomic E-state index is 0.0945. The fourth-order valence-electron chi connectivity index (χ4n) is 2.86. The number of hydrogen-bond donors (Lipinski definition) is 1. The molecule has 0 aromatic heterocycles. The van der Waals surface area contributed by atoms with E-state index >= 15 is 0 Å². The van der Waals surface area contributed by atoms with Crippen LogP contribution in [0, 0.1) is 5.82 Å². The number of amides is 1. The van der Waals surface area contributed by atoms with Gasteiger partial charge in [-0.1, -0.05) is 61.9 Å². The third-order valence-corrected chi connectivity index (χ3v) is 4.44. The van der Waals surface area contributed by atoms with Crippen molar-refractivity contribution in [3.63, 3.8) is 0 Å². The van der Waals surface area contributed by atoms with E-state index in [-0.39, 0.29) is 16.8 Å². The summed E-state index contributed by atoms with van der Waals surface area (Å²) in [6.45, 7) is 2.30. The Labute approximate surface area is 169 Å². The first-order valence-corrected chi connectivity index (χ1v) is 9.52. The second-order valence-corrected chi connectivity index (χ2v) is 6.55. The maximum atomic E-state index is 14.0. The fourth-order valence-corrected chi connectivity index (χ4v) is 2.86. The molecule has 0 heterocycles. The first-order chi connectivity index (χ1) is 14.1. The fraction of sp³-hybridized carbons (Fsp3) is 0.167. The van der Waals surface area contributed by atoms with Gasteiger partial charge < -0.3 is 10.1 Å². The number of rotatable bonds is 7. The molecule has 0 spiro atoms. The summed E-state index contributed by atoms with van der Waals surface area (Å²) < 4.78 is 19.3. The second kappa shape index (κ2) is 9.64. The molecule has 1 amide bonds. The number of unbranched alkanes of at least 4 members (excludes halogenated alkanes) is 1. The van der Waals surface area contributed by atoms with Crippen molar-refractivity contribution in [2.75, 3.05) is 11.9 Å². The Kier molecular flexibility index (Phi) is 6.74. The molecule has 0 aliphatic rings. The van der Waals surface area contributed by atoms with Crippen LogP contribution in [0.1, 0.15) is 40.5 Å². The van der Waals surface area contributed by atoms with Crippen LogP contribution in [0.4, 0.5) is 10.1 Å². The molecular formula is C24H22FNO3. The third-order valence-electron chi connectivity index (χ3n) is 4.44. The molecule has 1 N–H and O–H groups in total. The Hall–Kier alpha value is -3.47. The van der Waals surface area contributed by atoms with Gasteiger partial charge in [0, 0.05) is 0 Å². The molecule has 0 bridgehead atoms. The molecule has 4 nitrogen and oxygen atoms in total. The summed E-state index contributed by atoms with van der Waals surface area (Å²) in [6, 6.07) is 20.4. The third kappa shape index (κ3) is 5.08. The average Bonchev–Trinajstić information content (AvgIpc) is 2.74. The van der Waals surface area contributed by atoms with Gasteiger partial charge in [-0.3, -0.25) is 4.79 Å². The zero-order valence-electron chi connectivity index (χ0n) is 16.2. The first kappa shape index (κ1) is 20.3. The van der Waals surface area contributed by atoms with E-state index < -0.39 is 17.7 Å². The summed E-state index contributed by atoms with van der Waals surface area (Å²) >= 11 is 0. The van der Waals surface area contributed by atoms with Gasteiger partial charge in [0.25, 0.3) is 5.91 Å². The topological polar surface area (TPSA) is 55.4 Å². The molecule has 3 aromatic rings. The largest absolute Gasteiger partial charge is 0.462 e. The van der Waals surface area contributed by atoms with Crippen molar-refractivity contribution in [1.29, 1.82) is 0 Å². The monoisotopic (exact) mass is 391 g/mol. The average molecular weight is 391 g/mol. The second-order valence-electron chi connectivity index (χ2n) is 6.55. The summed E-state index contributed by atoms with van der Waals surface area (Å²) in [4.78, 5) is 25.1. The number of carbonyl (C=O) groups excluding carboxylic acids is 2. The Morgan fingerprint density at radius 3 is 2.34 bits per heavy atom. The van der Waals surface area contributed by atoms with E-state index in [1.54, 1.807) is 24.3 Å². The van der Waals surface area contributed by atoms with Gasteiger partial charge in [-0.25, -0.2) is 9.18 Å². The maximum absolute atomic E-state index is 14.0. The Bertz CT molecular complexity index is 1000. The van der Waals surface area contributed by atoms with Gasteiger partial charge in [-0.05, 0) is 41.8 Å². The van der Waals surface area contributed by atoms with Gasteiger partial charge in [0.1, 0.15) is 5.82 Å². The van der Waals surface area contributed by atoms with Gasteiger partial charge in [0.15, 0.2) is 0 Å². The van der Waals surface area contributed by atoms with E-state index in [0.717, 1.165) is 24.0 Å². The molecule has 0 saturated heterocycles. The lowest BCUT2D eigenvalue weighted by molar-refractivity contribution is 0.0501. The molecule has 5 heteroatoms. The standard InChI is InChI=1S/C24H22FNO3/c1-2-3-15-29-24(28)20-14-13-18(17-9-5-4-6-10-17)16-22(20)26-23(27)19-11-7-8-12-21(19)25/h4-14,16H,2-3,15H2,1H3,(H,26,27). The predicted octanol–water partition coefficient (Wildman–Crippen LogP) is 5.70. The molecule has 0 fully saturated rings. The molecular weight excluding hydrogens is 369 g/mol. The summed E-state index contributed by atoms with van der Waals surface area (Å²) in [7, 11) is 0. The van der Waals surface area contributed by atoms with Crippen LogP contribution >= 0.6 is 0 Å². The van der Waals surface area contributed by atoms with Crippen molar-refractivity contribution in [1.82, 2.24) is 0 Å². The van der Waals surface area contributed by atoms with E-state index in [1.165, 1.54) is 18.2 Å². The quantitative estimate of drug-likeness (QED) is 0.415.